The first-order chi connectivity index (χ1) is 15.5. The van der Waals surface area contributed by atoms with Gasteiger partial charge in [-0.05, 0) is 37.1 Å². The Balaban J connectivity index is 1.82. The molecule has 6 heteroatoms. The summed E-state index contributed by atoms with van der Waals surface area (Å²) in [6.07, 6.45) is 0.947. The molecule has 0 aromatic heterocycles. The zero-order valence-electron chi connectivity index (χ0n) is 18.2. The van der Waals surface area contributed by atoms with Crippen LogP contribution in [0.1, 0.15) is 35.4 Å². The van der Waals surface area contributed by atoms with Crippen molar-refractivity contribution in [1.29, 1.82) is 0 Å². The number of methoxy groups -OCH3 is 1. The molecule has 32 heavy (non-hydrogen) atoms. The SMILES string of the molecule is C=C[C@H]1C[C@@H](c2ccccc2OC)O[C@@H](c2ccccc2)N1S(=O)(=O)c1ccc(C)cc1. The van der Waals surface area contributed by atoms with Crippen LogP contribution < -0.4 is 4.74 Å². The number of benzene rings is 3. The van der Waals surface area contributed by atoms with E-state index in [4.69, 9.17) is 9.47 Å². The van der Waals surface area contributed by atoms with Gasteiger partial charge in [-0.15, -0.1) is 6.58 Å². The van der Waals surface area contributed by atoms with E-state index in [2.05, 4.69) is 6.58 Å². The minimum Gasteiger partial charge on any atom is -0.496 e. The van der Waals surface area contributed by atoms with E-state index in [0.717, 1.165) is 16.7 Å². The summed E-state index contributed by atoms with van der Waals surface area (Å²) < 4.78 is 41.1. The largest absolute Gasteiger partial charge is 0.496 e. The molecule has 0 N–H and O–H groups in total. The first-order valence-corrected chi connectivity index (χ1v) is 12.0. The Kier molecular flexibility index (Phi) is 6.46. The number of nitrogens with zero attached hydrogens (tertiary/aromatic N) is 1. The van der Waals surface area contributed by atoms with Crippen molar-refractivity contribution in [2.45, 2.75) is 36.6 Å². The molecule has 4 rings (SSSR count). The third-order valence-electron chi connectivity index (χ3n) is 5.75. The van der Waals surface area contributed by atoms with Crippen LogP contribution in [0.2, 0.25) is 0 Å². The lowest BCUT2D eigenvalue weighted by atomic mass is 9.98. The normalized spacial score (nSPS) is 21.8. The summed E-state index contributed by atoms with van der Waals surface area (Å²) in [6.45, 7) is 5.89. The van der Waals surface area contributed by atoms with Gasteiger partial charge < -0.3 is 9.47 Å². The van der Waals surface area contributed by atoms with Gasteiger partial charge in [0.15, 0.2) is 6.23 Å². The first kappa shape index (κ1) is 22.3. The molecule has 0 amide bonds. The van der Waals surface area contributed by atoms with Gasteiger partial charge >= 0.3 is 0 Å². The molecule has 0 unspecified atom stereocenters. The lowest BCUT2D eigenvalue weighted by molar-refractivity contribution is -0.125. The quantitative estimate of drug-likeness (QED) is 0.472. The number of ether oxygens (including phenoxy) is 2. The maximum Gasteiger partial charge on any atom is 0.246 e. The molecule has 1 saturated heterocycles. The lowest BCUT2D eigenvalue weighted by Crippen LogP contribution is -2.47. The molecule has 0 spiro atoms. The summed E-state index contributed by atoms with van der Waals surface area (Å²) in [5.74, 6) is 0.710. The summed E-state index contributed by atoms with van der Waals surface area (Å²) >= 11 is 0. The number of aryl methyl sites for hydroxylation is 1. The third kappa shape index (κ3) is 4.21. The minimum atomic E-state index is -3.85. The van der Waals surface area contributed by atoms with Crippen LogP contribution in [0, 0.1) is 6.92 Å². The van der Waals surface area contributed by atoms with E-state index in [-0.39, 0.29) is 11.0 Å². The van der Waals surface area contributed by atoms with Crippen molar-refractivity contribution in [3.8, 4) is 5.75 Å². The molecule has 166 valence electrons. The standard InChI is InChI=1S/C26H27NO4S/c1-4-21-18-25(23-12-8-9-13-24(23)30-3)31-26(20-10-6-5-7-11-20)27(21)32(28,29)22-16-14-19(2)15-17-22/h4-17,21,25-26H,1,18H2,2-3H3/t21-,25-,26-/m0/s1. The Morgan fingerprint density at radius 2 is 1.66 bits per heavy atom. The van der Waals surface area contributed by atoms with Crippen LogP contribution in [-0.2, 0) is 14.8 Å². The van der Waals surface area contributed by atoms with Crippen molar-refractivity contribution in [2.75, 3.05) is 7.11 Å². The van der Waals surface area contributed by atoms with Gasteiger partial charge in [0, 0.05) is 11.6 Å². The maximum absolute atomic E-state index is 13.8. The van der Waals surface area contributed by atoms with Crippen molar-refractivity contribution in [3.05, 3.63) is 108 Å². The van der Waals surface area contributed by atoms with Gasteiger partial charge in [-0.3, -0.25) is 0 Å². The average Bonchev–Trinajstić information content (AvgIpc) is 2.84. The van der Waals surface area contributed by atoms with Crippen LogP contribution >= 0.6 is 0 Å². The van der Waals surface area contributed by atoms with Gasteiger partial charge in [-0.25, -0.2) is 8.42 Å². The molecule has 0 aliphatic carbocycles. The van der Waals surface area contributed by atoms with Gasteiger partial charge in [-0.2, -0.15) is 4.31 Å². The molecule has 3 aromatic rings. The molecule has 3 atom stereocenters. The third-order valence-corrected chi connectivity index (χ3v) is 7.63. The summed E-state index contributed by atoms with van der Waals surface area (Å²) in [6, 6.07) is 23.5. The molecule has 5 nitrogen and oxygen atoms in total. The van der Waals surface area contributed by atoms with E-state index in [1.165, 1.54) is 4.31 Å². The summed E-state index contributed by atoms with van der Waals surface area (Å²) in [5, 5.41) is 0. The first-order valence-electron chi connectivity index (χ1n) is 10.5. The van der Waals surface area contributed by atoms with Crippen LogP contribution in [-0.4, -0.2) is 25.9 Å². The smallest absolute Gasteiger partial charge is 0.246 e. The van der Waals surface area contributed by atoms with Crippen molar-refractivity contribution >= 4 is 10.0 Å². The van der Waals surface area contributed by atoms with E-state index < -0.39 is 22.3 Å². The number of hydrogen-bond acceptors (Lipinski definition) is 4. The number of rotatable bonds is 6. The fourth-order valence-electron chi connectivity index (χ4n) is 4.08. The number of sulfonamides is 1. The Labute approximate surface area is 190 Å². The topological polar surface area (TPSA) is 55.8 Å². The molecule has 0 bridgehead atoms. The second-order valence-corrected chi connectivity index (χ2v) is 9.66. The Morgan fingerprint density at radius 3 is 2.31 bits per heavy atom. The predicted octanol–water partition coefficient (Wildman–Crippen LogP) is 5.41. The molecule has 1 aliphatic rings. The van der Waals surface area contributed by atoms with Gasteiger partial charge in [0.25, 0.3) is 0 Å². The van der Waals surface area contributed by atoms with E-state index in [9.17, 15) is 8.42 Å². The van der Waals surface area contributed by atoms with Crippen LogP contribution in [0.4, 0.5) is 0 Å². The highest BCUT2D eigenvalue weighted by molar-refractivity contribution is 7.89. The Bertz CT molecular complexity index is 1180. The lowest BCUT2D eigenvalue weighted by Gasteiger charge is -2.43. The van der Waals surface area contributed by atoms with Gasteiger partial charge in [-0.1, -0.05) is 72.3 Å². The van der Waals surface area contributed by atoms with E-state index >= 15 is 0 Å². The second-order valence-electron chi connectivity index (χ2n) is 7.82. The van der Waals surface area contributed by atoms with Gasteiger partial charge in [0.1, 0.15) is 5.75 Å². The predicted molar refractivity (Wildman–Crippen MR) is 125 cm³/mol. The van der Waals surface area contributed by atoms with Crippen LogP contribution in [0.5, 0.6) is 5.75 Å². The molecule has 3 aromatic carbocycles. The van der Waals surface area contributed by atoms with Crippen LogP contribution in [0.25, 0.3) is 0 Å². The van der Waals surface area contributed by atoms with Crippen molar-refractivity contribution in [3.63, 3.8) is 0 Å². The van der Waals surface area contributed by atoms with Crippen molar-refractivity contribution in [2.24, 2.45) is 0 Å². The van der Waals surface area contributed by atoms with Crippen molar-refractivity contribution < 1.29 is 17.9 Å². The molecule has 0 saturated carbocycles. The molecule has 1 fully saturated rings. The van der Waals surface area contributed by atoms with Crippen LogP contribution in [0.3, 0.4) is 0 Å². The number of hydrogen-bond donors (Lipinski definition) is 0. The molecule has 1 aliphatic heterocycles. The Hall–Kier alpha value is -2.93. The fraction of sp³-hybridized carbons (Fsp3) is 0.231. The van der Waals surface area contributed by atoms with E-state index in [0.29, 0.717) is 12.2 Å². The zero-order chi connectivity index (χ0) is 22.7. The summed E-state index contributed by atoms with van der Waals surface area (Å²) in [4.78, 5) is 0.232. The van der Waals surface area contributed by atoms with Gasteiger partial charge in [0.05, 0.1) is 18.1 Å². The zero-order valence-corrected chi connectivity index (χ0v) is 19.0. The molecular weight excluding hydrogens is 422 g/mol. The minimum absolute atomic E-state index is 0.232. The van der Waals surface area contributed by atoms with Crippen molar-refractivity contribution in [1.82, 2.24) is 4.31 Å². The summed E-state index contributed by atoms with van der Waals surface area (Å²) in [7, 11) is -2.23. The highest BCUT2D eigenvalue weighted by Gasteiger charge is 2.44. The molecule has 0 radical (unpaired) electrons. The highest BCUT2D eigenvalue weighted by Crippen LogP contribution is 2.45. The fourth-order valence-corrected chi connectivity index (χ4v) is 5.76. The second kappa shape index (κ2) is 9.28. The molecular formula is C26H27NO4S. The monoisotopic (exact) mass is 449 g/mol. The van der Waals surface area contributed by atoms with E-state index in [1.807, 2.05) is 61.5 Å². The summed E-state index contributed by atoms with van der Waals surface area (Å²) in [5.41, 5.74) is 2.64. The number of para-hydroxylation sites is 1. The molecule has 1 heterocycles. The van der Waals surface area contributed by atoms with E-state index in [1.54, 1.807) is 37.5 Å². The maximum atomic E-state index is 13.8. The Morgan fingerprint density at radius 1 is 1.00 bits per heavy atom. The van der Waals surface area contributed by atoms with Gasteiger partial charge in [0.2, 0.25) is 10.0 Å². The highest BCUT2D eigenvalue weighted by atomic mass is 32.2. The van der Waals surface area contributed by atoms with Crippen LogP contribution in [0.15, 0.2) is 96.4 Å². The average molecular weight is 450 g/mol.